The van der Waals surface area contributed by atoms with Gasteiger partial charge in [0, 0.05) is 5.56 Å². The van der Waals surface area contributed by atoms with Crippen molar-refractivity contribution in [3.63, 3.8) is 0 Å². The summed E-state index contributed by atoms with van der Waals surface area (Å²) in [5, 5.41) is -0.0856. The fourth-order valence-corrected chi connectivity index (χ4v) is 4.80. The van der Waals surface area contributed by atoms with E-state index in [1.54, 1.807) is 79.9 Å². The topological polar surface area (TPSA) is 99.6 Å². The van der Waals surface area contributed by atoms with Crippen LogP contribution in [-0.4, -0.2) is 32.6 Å². The first-order valence-corrected chi connectivity index (χ1v) is 13.5. The van der Waals surface area contributed by atoms with Gasteiger partial charge in [0.15, 0.2) is 28.3 Å². The number of ether oxygens (including phenoxy) is 3. The smallest absolute Gasteiger partial charge is 0.263 e. The number of halogens is 1. The van der Waals surface area contributed by atoms with Crippen molar-refractivity contribution < 1.29 is 22.6 Å². The molecule has 0 aliphatic rings. The molecule has 0 aliphatic heterocycles. The lowest BCUT2D eigenvalue weighted by Gasteiger charge is -2.19. The minimum absolute atomic E-state index is 0.0643. The van der Waals surface area contributed by atoms with Crippen LogP contribution in [-0.2, 0) is 15.4 Å². The lowest BCUT2D eigenvalue weighted by atomic mass is 9.87. The minimum Gasteiger partial charge on any atom is -0.497 e. The average Bonchev–Trinajstić information content (AvgIpc) is 2.90. The number of nitrogens with one attached hydrogen (secondary N) is 1. The standard InChI is InChI=1S/C28H28ClN3O5S/c1-28(2,3)19-12-16-21(17-13-19)38(33,34)32-27-24(37-23-9-7-6-8-22(23)36-5)25(29)30-26(31-27)18-10-14-20(35-4)15-11-18/h6-17H,1-5H3,(H,30,31,32). The second kappa shape index (κ2) is 10.9. The first-order chi connectivity index (χ1) is 18.0. The van der Waals surface area contributed by atoms with Crippen molar-refractivity contribution in [1.29, 1.82) is 0 Å². The number of hydrogen-bond acceptors (Lipinski definition) is 7. The van der Waals surface area contributed by atoms with Crippen molar-refractivity contribution >= 4 is 27.4 Å². The van der Waals surface area contributed by atoms with Gasteiger partial charge in [0.1, 0.15) is 5.75 Å². The van der Waals surface area contributed by atoms with Crippen molar-refractivity contribution in [2.24, 2.45) is 0 Å². The van der Waals surface area contributed by atoms with Crippen LogP contribution in [0.3, 0.4) is 0 Å². The molecule has 0 fully saturated rings. The molecular formula is C28H28ClN3O5S. The number of benzene rings is 3. The molecule has 0 unspecified atom stereocenters. The Bertz CT molecular complexity index is 1530. The van der Waals surface area contributed by atoms with E-state index in [1.165, 1.54) is 7.11 Å². The van der Waals surface area contributed by atoms with Crippen LogP contribution < -0.4 is 18.9 Å². The largest absolute Gasteiger partial charge is 0.497 e. The fraction of sp³-hybridized carbons (Fsp3) is 0.214. The summed E-state index contributed by atoms with van der Waals surface area (Å²) in [6.45, 7) is 6.17. The molecule has 10 heteroatoms. The molecule has 0 atom stereocenters. The van der Waals surface area contributed by atoms with Gasteiger partial charge in [-0.25, -0.2) is 18.4 Å². The lowest BCUT2D eigenvalue weighted by Crippen LogP contribution is -2.16. The van der Waals surface area contributed by atoms with Crippen LogP contribution in [0.4, 0.5) is 5.82 Å². The maximum absolute atomic E-state index is 13.4. The highest BCUT2D eigenvalue weighted by molar-refractivity contribution is 7.92. The van der Waals surface area contributed by atoms with E-state index in [9.17, 15) is 8.42 Å². The highest BCUT2D eigenvalue weighted by Gasteiger charge is 2.24. The van der Waals surface area contributed by atoms with Crippen molar-refractivity contribution in [2.45, 2.75) is 31.1 Å². The number of rotatable bonds is 8. The van der Waals surface area contributed by atoms with Crippen LogP contribution in [0.25, 0.3) is 11.4 Å². The summed E-state index contributed by atoms with van der Waals surface area (Å²) >= 11 is 6.56. The molecule has 0 amide bonds. The highest BCUT2D eigenvalue weighted by Crippen LogP contribution is 2.40. The van der Waals surface area contributed by atoms with E-state index in [-0.39, 0.29) is 32.9 Å². The Balaban J connectivity index is 1.79. The Hall–Kier alpha value is -3.82. The van der Waals surface area contributed by atoms with E-state index in [2.05, 4.69) is 35.5 Å². The molecule has 0 spiro atoms. The zero-order valence-electron chi connectivity index (χ0n) is 21.7. The summed E-state index contributed by atoms with van der Waals surface area (Å²) in [7, 11) is -1.00. The summed E-state index contributed by atoms with van der Waals surface area (Å²) in [6.07, 6.45) is 0. The number of nitrogens with zero attached hydrogens (tertiary/aromatic N) is 2. The predicted octanol–water partition coefficient (Wildman–Crippen LogP) is 6.70. The molecule has 8 nitrogen and oxygen atoms in total. The number of aromatic nitrogens is 2. The molecule has 0 radical (unpaired) electrons. The maximum Gasteiger partial charge on any atom is 0.263 e. The third-order valence-corrected chi connectivity index (χ3v) is 7.33. The van der Waals surface area contributed by atoms with Crippen LogP contribution in [0.1, 0.15) is 26.3 Å². The third-order valence-electron chi connectivity index (χ3n) is 5.72. The summed E-state index contributed by atoms with van der Waals surface area (Å²) in [6, 6.07) is 20.6. The minimum atomic E-state index is -4.06. The van der Waals surface area contributed by atoms with E-state index in [4.69, 9.17) is 25.8 Å². The molecule has 38 heavy (non-hydrogen) atoms. The third kappa shape index (κ3) is 6.00. The number of methoxy groups -OCH3 is 2. The van der Waals surface area contributed by atoms with Gasteiger partial charge in [-0.15, -0.1) is 0 Å². The van der Waals surface area contributed by atoms with Crippen molar-refractivity contribution in [3.8, 4) is 34.4 Å². The monoisotopic (exact) mass is 553 g/mol. The molecule has 3 aromatic carbocycles. The molecule has 4 aromatic rings. The number of anilines is 1. The van der Waals surface area contributed by atoms with Crippen LogP contribution in [0, 0.1) is 0 Å². The SMILES string of the molecule is COc1ccc(-c2nc(Cl)c(Oc3ccccc3OC)c(NS(=O)(=O)c3ccc(C(C)(C)C)cc3)n2)cc1. The normalized spacial score (nSPS) is 11.6. The summed E-state index contributed by atoms with van der Waals surface area (Å²) in [4.78, 5) is 8.92. The summed E-state index contributed by atoms with van der Waals surface area (Å²) in [5.74, 6) is 1.40. The molecule has 1 heterocycles. The van der Waals surface area contributed by atoms with E-state index < -0.39 is 10.0 Å². The Morgan fingerprint density at radius 3 is 2.03 bits per heavy atom. The fourth-order valence-electron chi connectivity index (χ4n) is 3.59. The van der Waals surface area contributed by atoms with Gasteiger partial charge >= 0.3 is 0 Å². The Morgan fingerprint density at radius 1 is 0.816 bits per heavy atom. The van der Waals surface area contributed by atoms with Crippen LogP contribution in [0.15, 0.2) is 77.7 Å². The van der Waals surface area contributed by atoms with Crippen molar-refractivity contribution in [2.75, 3.05) is 18.9 Å². The molecular weight excluding hydrogens is 526 g/mol. The highest BCUT2D eigenvalue weighted by atomic mass is 35.5. The second-order valence-electron chi connectivity index (χ2n) is 9.38. The van der Waals surface area contributed by atoms with Gasteiger partial charge in [-0.05, 0) is 59.5 Å². The summed E-state index contributed by atoms with van der Waals surface area (Å²) < 4.78 is 46.0. The quantitative estimate of drug-likeness (QED) is 0.242. The lowest BCUT2D eigenvalue weighted by molar-refractivity contribution is 0.378. The second-order valence-corrected chi connectivity index (χ2v) is 11.4. The van der Waals surface area contributed by atoms with Gasteiger partial charge in [-0.3, -0.25) is 4.72 Å². The molecule has 198 valence electrons. The Kier molecular flexibility index (Phi) is 7.80. The van der Waals surface area contributed by atoms with Crippen LogP contribution >= 0.6 is 11.6 Å². The zero-order chi connectivity index (χ0) is 27.5. The van der Waals surface area contributed by atoms with E-state index in [0.717, 1.165) is 5.56 Å². The van der Waals surface area contributed by atoms with E-state index >= 15 is 0 Å². The van der Waals surface area contributed by atoms with Crippen molar-refractivity contribution in [3.05, 3.63) is 83.5 Å². The molecule has 0 aliphatic carbocycles. The molecule has 0 saturated heterocycles. The van der Waals surface area contributed by atoms with E-state index in [1.807, 2.05) is 0 Å². The van der Waals surface area contributed by atoms with Crippen LogP contribution in [0.5, 0.6) is 23.0 Å². The first-order valence-electron chi connectivity index (χ1n) is 11.7. The molecule has 1 aromatic heterocycles. The molecule has 1 N–H and O–H groups in total. The molecule has 0 bridgehead atoms. The van der Waals surface area contributed by atoms with Gasteiger partial charge < -0.3 is 14.2 Å². The van der Waals surface area contributed by atoms with Gasteiger partial charge in [0.2, 0.25) is 5.75 Å². The Labute approximate surface area is 227 Å². The number of para-hydroxylation sites is 2. The molecule has 4 rings (SSSR count). The van der Waals surface area contributed by atoms with Gasteiger partial charge in [0.25, 0.3) is 10.0 Å². The van der Waals surface area contributed by atoms with Crippen molar-refractivity contribution in [1.82, 2.24) is 9.97 Å². The Morgan fingerprint density at radius 2 is 1.45 bits per heavy atom. The average molecular weight is 554 g/mol. The first kappa shape index (κ1) is 27.2. The van der Waals surface area contributed by atoms with E-state index in [0.29, 0.717) is 22.8 Å². The van der Waals surface area contributed by atoms with Gasteiger partial charge in [-0.2, -0.15) is 0 Å². The predicted molar refractivity (Wildman–Crippen MR) is 148 cm³/mol. The maximum atomic E-state index is 13.4. The van der Waals surface area contributed by atoms with Gasteiger partial charge in [0.05, 0.1) is 19.1 Å². The number of hydrogen-bond donors (Lipinski definition) is 1. The molecule has 0 saturated carbocycles. The van der Waals surface area contributed by atoms with Gasteiger partial charge in [-0.1, -0.05) is 56.6 Å². The zero-order valence-corrected chi connectivity index (χ0v) is 23.2. The number of sulfonamides is 1. The van der Waals surface area contributed by atoms with Crippen LogP contribution in [0.2, 0.25) is 5.15 Å². The summed E-state index contributed by atoms with van der Waals surface area (Å²) in [5.41, 5.74) is 1.48.